The predicted octanol–water partition coefficient (Wildman–Crippen LogP) is 3.25. The largest absolute Gasteiger partial charge is 0.490 e. The van der Waals surface area contributed by atoms with Crippen molar-refractivity contribution < 1.29 is 19.0 Å². The smallest absolute Gasteiger partial charge is 0.233 e. The van der Waals surface area contributed by atoms with Crippen LogP contribution in [0.1, 0.15) is 43.0 Å². The van der Waals surface area contributed by atoms with Gasteiger partial charge in [0.05, 0.1) is 26.0 Å². The molecule has 0 saturated carbocycles. The summed E-state index contributed by atoms with van der Waals surface area (Å²) in [5.74, 6) is 2.60. The van der Waals surface area contributed by atoms with Crippen molar-refractivity contribution in [2.24, 2.45) is 0 Å². The van der Waals surface area contributed by atoms with Gasteiger partial charge in [0, 0.05) is 24.0 Å². The highest BCUT2D eigenvalue weighted by Gasteiger charge is 2.33. The maximum Gasteiger partial charge on any atom is 0.233 e. The molecule has 3 aromatic rings. The summed E-state index contributed by atoms with van der Waals surface area (Å²) in [4.78, 5) is 12.6. The summed E-state index contributed by atoms with van der Waals surface area (Å²) in [6, 6.07) is 9.27. The van der Waals surface area contributed by atoms with Gasteiger partial charge in [-0.1, -0.05) is 6.07 Å². The molecular weight excluding hydrogens is 398 g/mol. The molecule has 0 spiro atoms. The van der Waals surface area contributed by atoms with E-state index in [0.717, 1.165) is 16.8 Å². The average molecular weight is 423 g/mol. The standard InChI is InChI=1S/C22H25N5O4/c1-5-30-16-8-7-14(11-17(16)31-6-2)15-12-19(28)23-22-21(15)13(3)26-27(22)18-9-10-20(29-4)25-24-18/h7-11,15H,5-6,12H2,1-4H3,(H,23,28)/t15-/m0/s1. The summed E-state index contributed by atoms with van der Waals surface area (Å²) >= 11 is 0. The van der Waals surface area contributed by atoms with Gasteiger partial charge < -0.3 is 19.5 Å². The lowest BCUT2D eigenvalue weighted by molar-refractivity contribution is -0.116. The van der Waals surface area contributed by atoms with E-state index >= 15 is 0 Å². The molecule has 0 saturated heterocycles. The fourth-order valence-corrected chi connectivity index (χ4v) is 3.82. The Hall–Kier alpha value is -3.62. The topological polar surface area (TPSA) is 100 Å². The molecule has 0 bridgehead atoms. The van der Waals surface area contributed by atoms with Crippen LogP contribution in [-0.4, -0.2) is 46.2 Å². The molecule has 1 aliphatic rings. The Morgan fingerprint density at radius 2 is 1.87 bits per heavy atom. The van der Waals surface area contributed by atoms with E-state index in [1.165, 1.54) is 7.11 Å². The van der Waals surface area contributed by atoms with E-state index in [1.807, 2.05) is 39.0 Å². The van der Waals surface area contributed by atoms with Gasteiger partial charge in [0.25, 0.3) is 0 Å². The van der Waals surface area contributed by atoms with E-state index in [-0.39, 0.29) is 11.8 Å². The highest BCUT2D eigenvalue weighted by atomic mass is 16.5. The molecule has 0 unspecified atom stereocenters. The predicted molar refractivity (Wildman–Crippen MR) is 114 cm³/mol. The number of methoxy groups -OCH3 is 1. The number of nitrogens with one attached hydrogen (secondary N) is 1. The third-order valence-corrected chi connectivity index (χ3v) is 5.12. The highest BCUT2D eigenvalue weighted by molar-refractivity contribution is 5.95. The van der Waals surface area contributed by atoms with Gasteiger partial charge in [-0.15, -0.1) is 10.2 Å². The molecule has 1 aliphatic heterocycles. The van der Waals surface area contributed by atoms with Crippen molar-refractivity contribution in [1.29, 1.82) is 0 Å². The summed E-state index contributed by atoms with van der Waals surface area (Å²) in [7, 11) is 1.53. The minimum atomic E-state index is -0.168. The Balaban J connectivity index is 1.78. The van der Waals surface area contributed by atoms with Crippen LogP contribution in [0.2, 0.25) is 0 Å². The number of hydrogen-bond donors (Lipinski definition) is 1. The Kier molecular flexibility index (Phi) is 5.75. The first-order valence-corrected chi connectivity index (χ1v) is 10.2. The number of aryl methyl sites for hydroxylation is 1. The number of nitrogens with zero attached hydrogens (tertiary/aromatic N) is 4. The Morgan fingerprint density at radius 1 is 1.10 bits per heavy atom. The highest BCUT2D eigenvalue weighted by Crippen LogP contribution is 2.42. The van der Waals surface area contributed by atoms with Crippen molar-refractivity contribution in [1.82, 2.24) is 20.0 Å². The first-order chi connectivity index (χ1) is 15.0. The maximum atomic E-state index is 12.6. The summed E-state index contributed by atoms with van der Waals surface area (Å²) in [5.41, 5.74) is 2.72. The normalized spacial score (nSPS) is 15.2. The molecule has 0 aliphatic carbocycles. The van der Waals surface area contributed by atoms with Crippen molar-refractivity contribution in [2.75, 3.05) is 25.6 Å². The molecule has 1 N–H and O–H groups in total. The van der Waals surface area contributed by atoms with E-state index in [9.17, 15) is 4.79 Å². The average Bonchev–Trinajstić information content (AvgIpc) is 3.11. The van der Waals surface area contributed by atoms with Crippen LogP contribution in [0, 0.1) is 6.92 Å². The summed E-state index contributed by atoms with van der Waals surface area (Å²) in [5, 5.41) is 15.8. The first kappa shape index (κ1) is 20.6. The summed E-state index contributed by atoms with van der Waals surface area (Å²) in [6.07, 6.45) is 0.313. The second-order valence-electron chi connectivity index (χ2n) is 7.07. The number of ether oxygens (including phenoxy) is 3. The number of rotatable bonds is 7. The van der Waals surface area contributed by atoms with E-state index in [4.69, 9.17) is 14.2 Å². The lowest BCUT2D eigenvalue weighted by Crippen LogP contribution is -2.25. The molecule has 0 radical (unpaired) electrons. The van der Waals surface area contributed by atoms with Gasteiger partial charge in [-0.25, -0.2) is 0 Å². The number of carbonyl (C=O) groups is 1. The molecule has 1 aromatic carbocycles. The number of fused-ring (bicyclic) bond motifs is 1. The minimum Gasteiger partial charge on any atom is -0.490 e. The molecule has 9 nitrogen and oxygen atoms in total. The zero-order valence-corrected chi connectivity index (χ0v) is 18.0. The Labute approximate surface area is 180 Å². The number of anilines is 1. The van der Waals surface area contributed by atoms with Crippen LogP contribution in [0.5, 0.6) is 17.4 Å². The molecule has 0 fully saturated rings. The number of aromatic nitrogens is 4. The Bertz CT molecular complexity index is 1090. The molecule has 162 valence electrons. The number of hydrogen-bond acceptors (Lipinski definition) is 7. The SMILES string of the molecule is CCOc1ccc([C@@H]2CC(=O)Nc3c2c(C)nn3-c2ccc(OC)nn2)cc1OCC. The van der Waals surface area contributed by atoms with Crippen molar-refractivity contribution in [3.8, 4) is 23.2 Å². The maximum absolute atomic E-state index is 12.6. The number of benzene rings is 1. The third kappa shape index (κ3) is 3.90. The van der Waals surface area contributed by atoms with E-state index in [0.29, 0.717) is 48.6 Å². The lowest BCUT2D eigenvalue weighted by atomic mass is 9.85. The van der Waals surface area contributed by atoms with Crippen molar-refractivity contribution in [3.63, 3.8) is 0 Å². The van der Waals surface area contributed by atoms with Crippen LogP contribution in [-0.2, 0) is 4.79 Å². The molecule has 2 aromatic heterocycles. The fourth-order valence-electron chi connectivity index (χ4n) is 3.82. The number of amides is 1. The van der Waals surface area contributed by atoms with Crippen molar-refractivity contribution in [3.05, 3.63) is 47.2 Å². The van der Waals surface area contributed by atoms with Gasteiger partial charge in [0.15, 0.2) is 17.3 Å². The molecule has 4 rings (SSSR count). The van der Waals surface area contributed by atoms with Gasteiger partial charge in [0.2, 0.25) is 11.8 Å². The second-order valence-corrected chi connectivity index (χ2v) is 7.07. The van der Waals surface area contributed by atoms with Crippen LogP contribution in [0.3, 0.4) is 0 Å². The van der Waals surface area contributed by atoms with Crippen molar-refractivity contribution >= 4 is 11.7 Å². The van der Waals surface area contributed by atoms with Crippen LogP contribution in [0.25, 0.3) is 5.82 Å². The first-order valence-electron chi connectivity index (χ1n) is 10.2. The zero-order chi connectivity index (χ0) is 22.0. The van der Waals surface area contributed by atoms with Gasteiger partial charge in [-0.3, -0.25) is 4.79 Å². The van der Waals surface area contributed by atoms with Crippen molar-refractivity contribution in [2.45, 2.75) is 33.1 Å². The molecule has 1 atom stereocenters. The molecule has 3 heterocycles. The van der Waals surface area contributed by atoms with E-state index in [1.54, 1.807) is 16.8 Å². The van der Waals surface area contributed by atoms with Gasteiger partial charge in [-0.05, 0) is 44.5 Å². The third-order valence-electron chi connectivity index (χ3n) is 5.12. The van der Waals surface area contributed by atoms with Gasteiger partial charge >= 0.3 is 0 Å². The van der Waals surface area contributed by atoms with Crippen LogP contribution < -0.4 is 19.5 Å². The quantitative estimate of drug-likeness (QED) is 0.622. The fraction of sp³-hybridized carbons (Fsp3) is 0.364. The number of carbonyl (C=O) groups excluding carboxylic acids is 1. The van der Waals surface area contributed by atoms with Crippen LogP contribution >= 0.6 is 0 Å². The molecule has 9 heteroatoms. The monoisotopic (exact) mass is 423 g/mol. The zero-order valence-electron chi connectivity index (χ0n) is 18.0. The Morgan fingerprint density at radius 3 is 2.55 bits per heavy atom. The van der Waals surface area contributed by atoms with E-state index < -0.39 is 0 Å². The molecule has 1 amide bonds. The van der Waals surface area contributed by atoms with Crippen LogP contribution in [0.4, 0.5) is 5.82 Å². The molecule has 31 heavy (non-hydrogen) atoms. The minimum absolute atomic E-state index is 0.0908. The summed E-state index contributed by atoms with van der Waals surface area (Å²) < 4.78 is 18.2. The molecular formula is C22H25N5O4. The van der Waals surface area contributed by atoms with Crippen LogP contribution in [0.15, 0.2) is 30.3 Å². The second kappa shape index (κ2) is 8.63. The van der Waals surface area contributed by atoms with E-state index in [2.05, 4.69) is 20.6 Å². The summed E-state index contributed by atoms with van der Waals surface area (Å²) in [6.45, 7) is 6.85. The van der Waals surface area contributed by atoms with Gasteiger partial charge in [0.1, 0.15) is 5.82 Å². The lowest BCUT2D eigenvalue weighted by Gasteiger charge is -2.25. The van der Waals surface area contributed by atoms with Gasteiger partial charge in [-0.2, -0.15) is 9.78 Å².